The van der Waals surface area contributed by atoms with Crippen LogP contribution in [0.2, 0.25) is 0 Å². The molecular weight excluding hydrogens is 294 g/mol. The summed E-state index contributed by atoms with van der Waals surface area (Å²) in [4.78, 5) is 13.2. The standard InChI is InChI=1S/C22H29NO/c24-20(22-12-16-9-17(13-22)11-18(10-16)14-22)23-15-21(7-4-8-21)19-5-2-1-3-6-19/h1-3,5-6,16-18H,4,7-15H2,(H,23,24). The Morgan fingerprint density at radius 1 is 0.958 bits per heavy atom. The first kappa shape index (κ1) is 15.0. The van der Waals surface area contributed by atoms with E-state index in [4.69, 9.17) is 0 Å². The van der Waals surface area contributed by atoms with Gasteiger partial charge in [0, 0.05) is 17.4 Å². The lowest BCUT2D eigenvalue weighted by Crippen LogP contribution is -2.56. The van der Waals surface area contributed by atoms with Gasteiger partial charge < -0.3 is 5.32 Å². The van der Waals surface area contributed by atoms with Gasteiger partial charge in [-0.05, 0) is 74.7 Å². The first-order valence-electron chi connectivity index (χ1n) is 10.0. The third-order valence-corrected chi connectivity index (χ3v) is 7.80. The minimum Gasteiger partial charge on any atom is -0.355 e. The molecule has 1 aromatic carbocycles. The van der Waals surface area contributed by atoms with Crippen molar-refractivity contribution in [3.05, 3.63) is 35.9 Å². The van der Waals surface area contributed by atoms with E-state index in [1.54, 1.807) is 0 Å². The second kappa shape index (κ2) is 5.34. The smallest absolute Gasteiger partial charge is 0.226 e. The van der Waals surface area contributed by atoms with Gasteiger partial charge in [0.05, 0.1) is 0 Å². The average Bonchev–Trinajstić information content (AvgIpc) is 2.53. The molecule has 0 saturated heterocycles. The molecule has 0 radical (unpaired) electrons. The highest BCUT2D eigenvalue weighted by atomic mass is 16.2. The van der Waals surface area contributed by atoms with Crippen LogP contribution in [-0.2, 0) is 10.2 Å². The highest BCUT2D eigenvalue weighted by molar-refractivity contribution is 5.83. The molecule has 6 rings (SSSR count). The van der Waals surface area contributed by atoms with Crippen molar-refractivity contribution in [1.82, 2.24) is 5.32 Å². The van der Waals surface area contributed by atoms with Crippen molar-refractivity contribution in [2.24, 2.45) is 23.2 Å². The van der Waals surface area contributed by atoms with Crippen LogP contribution in [-0.4, -0.2) is 12.5 Å². The van der Waals surface area contributed by atoms with Gasteiger partial charge in [0.25, 0.3) is 0 Å². The normalized spacial score (nSPS) is 38.6. The zero-order valence-corrected chi connectivity index (χ0v) is 14.6. The predicted molar refractivity (Wildman–Crippen MR) is 95.6 cm³/mol. The number of hydrogen-bond donors (Lipinski definition) is 1. The molecule has 0 aliphatic heterocycles. The van der Waals surface area contributed by atoms with Crippen molar-refractivity contribution in [1.29, 1.82) is 0 Å². The minimum absolute atomic E-state index is 0.00360. The van der Waals surface area contributed by atoms with Crippen molar-refractivity contribution in [3.63, 3.8) is 0 Å². The van der Waals surface area contributed by atoms with Crippen LogP contribution in [0.25, 0.3) is 0 Å². The molecular formula is C22H29NO. The van der Waals surface area contributed by atoms with Gasteiger partial charge in [-0.2, -0.15) is 0 Å². The van der Waals surface area contributed by atoms with E-state index in [9.17, 15) is 4.79 Å². The molecule has 0 unspecified atom stereocenters. The topological polar surface area (TPSA) is 29.1 Å². The quantitative estimate of drug-likeness (QED) is 0.872. The van der Waals surface area contributed by atoms with Crippen molar-refractivity contribution < 1.29 is 4.79 Å². The minimum atomic E-state index is -0.00360. The van der Waals surface area contributed by atoms with Crippen LogP contribution in [0, 0.1) is 23.2 Å². The summed E-state index contributed by atoms with van der Waals surface area (Å²) < 4.78 is 0. The van der Waals surface area contributed by atoms with E-state index in [0.717, 1.165) is 24.3 Å². The van der Waals surface area contributed by atoms with Crippen LogP contribution >= 0.6 is 0 Å². The van der Waals surface area contributed by atoms with Gasteiger partial charge >= 0.3 is 0 Å². The Kier molecular flexibility index (Phi) is 3.34. The lowest BCUT2D eigenvalue weighted by Gasteiger charge is -2.56. The number of benzene rings is 1. The number of amides is 1. The fourth-order valence-electron chi connectivity index (χ4n) is 6.79. The maximum atomic E-state index is 13.2. The zero-order valence-electron chi connectivity index (χ0n) is 14.6. The maximum absolute atomic E-state index is 13.2. The highest BCUT2D eigenvalue weighted by Gasteiger charge is 2.54. The molecule has 2 nitrogen and oxygen atoms in total. The molecule has 5 aliphatic rings. The van der Waals surface area contributed by atoms with Crippen molar-refractivity contribution in [2.75, 3.05) is 6.54 Å². The summed E-state index contributed by atoms with van der Waals surface area (Å²) in [7, 11) is 0. The summed E-state index contributed by atoms with van der Waals surface area (Å²) >= 11 is 0. The first-order valence-corrected chi connectivity index (χ1v) is 10.0. The molecule has 24 heavy (non-hydrogen) atoms. The van der Waals surface area contributed by atoms with Crippen molar-refractivity contribution in [3.8, 4) is 0 Å². The monoisotopic (exact) mass is 323 g/mol. The lowest BCUT2D eigenvalue weighted by molar-refractivity contribution is -0.146. The third-order valence-electron chi connectivity index (χ3n) is 7.80. The molecule has 5 fully saturated rings. The van der Waals surface area contributed by atoms with E-state index in [2.05, 4.69) is 35.6 Å². The summed E-state index contributed by atoms with van der Waals surface area (Å²) in [5.41, 5.74) is 1.62. The summed E-state index contributed by atoms with van der Waals surface area (Å²) in [6.45, 7) is 0.845. The number of hydrogen-bond acceptors (Lipinski definition) is 1. The second-order valence-corrected chi connectivity index (χ2v) is 9.38. The number of carbonyl (C=O) groups excluding carboxylic acids is 1. The van der Waals surface area contributed by atoms with E-state index >= 15 is 0 Å². The average molecular weight is 323 g/mol. The van der Waals surface area contributed by atoms with Crippen LogP contribution in [0.3, 0.4) is 0 Å². The van der Waals surface area contributed by atoms with Gasteiger partial charge in [-0.15, -0.1) is 0 Å². The maximum Gasteiger partial charge on any atom is 0.226 e. The summed E-state index contributed by atoms with van der Waals surface area (Å²) in [6.07, 6.45) is 11.5. The molecule has 1 aromatic rings. The molecule has 5 saturated carbocycles. The van der Waals surface area contributed by atoms with Gasteiger partial charge in [-0.3, -0.25) is 4.79 Å². The SMILES string of the molecule is O=C(NCC1(c2ccccc2)CCC1)C12CC3CC(CC(C3)C1)C2. The lowest BCUT2D eigenvalue weighted by atomic mass is 9.49. The van der Waals surface area contributed by atoms with E-state index in [0.29, 0.717) is 5.91 Å². The highest BCUT2D eigenvalue weighted by Crippen LogP contribution is 2.60. The van der Waals surface area contributed by atoms with Crippen molar-refractivity contribution >= 4 is 5.91 Å². The number of carbonyl (C=O) groups is 1. The summed E-state index contributed by atoms with van der Waals surface area (Å²) in [6, 6.07) is 10.8. The molecule has 1 N–H and O–H groups in total. The fraction of sp³-hybridized carbons (Fsp3) is 0.682. The molecule has 128 valence electrons. The predicted octanol–water partition coefficient (Wildman–Crippen LogP) is 4.44. The summed E-state index contributed by atoms with van der Waals surface area (Å²) in [5, 5.41) is 3.44. The Bertz CT molecular complexity index is 595. The Labute approximate surface area is 145 Å². The second-order valence-electron chi connectivity index (χ2n) is 9.38. The summed E-state index contributed by atoms with van der Waals surface area (Å²) in [5.74, 6) is 2.92. The van der Waals surface area contributed by atoms with Crippen LogP contribution in [0.1, 0.15) is 63.4 Å². The van der Waals surface area contributed by atoms with Crippen molar-refractivity contribution in [2.45, 2.75) is 63.2 Å². The van der Waals surface area contributed by atoms with Crippen LogP contribution in [0.5, 0.6) is 0 Å². The third kappa shape index (κ3) is 2.25. The molecule has 1 amide bonds. The molecule has 4 bridgehead atoms. The Morgan fingerprint density at radius 3 is 2.04 bits per heavy atom. The fourth-order valence-corrected chi connectivity index (χ4v) is 6.79. The first-order chi connectivity index (χ1) is 11.7. The van der Waals surface area contributed by atoms with Gasteiger partial charge in [0.2, 0.25) is 5.91 Å². The molecule has 0 heterocycles. The van der Waals surface area contributed by atoms with Gasteiger partial charge in [0.1, 0.15) is 0 Å². The van der Waals surface area contributed by atoms with Gasteiger partial charge in [-0.25, -0.2) is 0 Å². The van der Waals surface area contributed by atoms with Gasteiger partial charge in [-0.1, -0.05) is 36.8 Å². The number of rotatable bonds is 4. The van der Waals surface area contributed by atoms with Crippen LogP contribution < -0.4 is 5.32 Å². The van der Waals surface area contributed by atoms with E-state index in [1.807, 2.05) is 0 Å². The molecule has 2 heteroatoms. The zero-order chi connectivity index (χ0) is 16.2. The Morgan fingerprint density at radius 2 is 1.54 bits per heavy atom. The van der Waals surface area contributed by atoms with E-state index < -0.39 is 0 Å². The van der Waals surface area contributed by atoms with Crippen LogP contribution in [0.4, 0.5) is 0 Å². The number of nitrogens with one attached hydrogen (secondary N) is 1. The largest absolute Gasteiger partial charge is 0.355 e. The van der Waals surface area contributed by atoms with Gasteiger partial charge in [0.15, 0.2) is 0 Å². The molecule has 0 spiro atoms. The molecule has 0 aromatic heterocycles. The van der Waals surface area contributed by atoms with E-state index in [1.165, 1.54) is 63.4 Å². The molecule has 0 atom stereocenters. The molecule has 5 aliphatic carbocycles. The Balaban J connectivity index is 1.31. The Hall–Kier alpha value is -1.31. The van der Waals surface area contributed by atoms with E-state index in [-0.39, 0.29) is 10.8 Å². The van der Waals surface area contributed by atoms with Crippen LogP contribution in [0.15, 0.2) is 30.3 Å².